The number of hydrogen-bond donors (Lipinski definition) is 0. The Labute approximate surface area is 103 Å². The van der Waals surface area contributed by atoms with Crippen molar-refractivity contribution in [1.82, 2.24) is 4.90 Å². The van der Waals surface area contributed by atoms with Crippen LogP contribution in [-0.4, -0.2) is 31.8 Å². The zero-order valence-corrected chi connectivity index (χ0v) is 10.9. The van der Waals surface area contributed by atoms with Gasteiger partial charge in [0.05, 0.1) is 7.11 Å². The number of ether oxygens (including phenoxy) is 2. The van der Waals surface area contributed by atoms with Gasteiger partial charge in [0.15, 0.2) is 6.23 Å². The number of fused-ring (bicyclic) bond motifs is 1. The van der Waals surface area contributed by atoms with Crippen LogP contribution in [0.2, 0.25) is 0 Å². The average molecular weight is 235 g/mol. The largest absolute Gasteiger partial charge is 0.497 e. The minimum absolute atomic E-state index is 0.203. The first kappa shape index (κ1) is 12.2. The number of nitrogens with zero attached hydrogens (tertiary/aromatic N) is 1. The molecule has 0 saturated heterocycles. The zero-order chi connectivity index (χ0) is 12.3. The molecule has 0 aliphatic carbocycles. The Balaban J connectivity index is 2.11. The molecule has 1 heterocycles. The van der Waals surface area contributed by atoms with Crippen LogP contribution >= 0.6 is 0 Å². The molecule has 0 saturated carbocycles. The lowest BCUT2D eigenvalue weighted by molar-refractivity contribution is 0.0279. The summed E-state index contributed by atoms with van der Waals surface area (Å²) < 4.78 is 11.3. The highest BCUT2D eigenvalue weighted by Crippen LogP contribution is 2.31. The molecule has 0 fully saturated rings. The first-order valence-corrected chi connectivity index (χ1v) is 6.28. The van der Waals surface area contributed by atoms with Crippen LogP contribution in [0, 0.1) is 0 Å². The van der Waals surface area contributed by atoms with Gasteiger partial charge in [-0.2, -0.15) is 0 Å². The van der Waals surface area contributed by atoms with Crippen molar-refractivity contribution in [3.05, 3.63) is 23.8 Å². The Morgan fingerprint density at radius 2 is 2.29 bits per heavy atom. The van der Waals surface area contributed by atoms with Gasteiger partial charge in [-0.25, -0.2) is 0 Å². The summed E-state index contributed by atoms with van der Waals surface area (Å²) >= 11 is 0. The van der Waals surface area contributed by atoms with E-state index >= 15 is 0 Å². The van der Waals surface area contributed by atoms with Crippen LogP contribution in [0.4, 0.5) is 0 Å². The minimum Gasteiger partial charge on any atom is -0.497 e. The molecule has 1 aromatic rings. The summed E-state index contributed by atoms with van der Waals surface area (Å²) in [5.74, 6) is 1.84. The molecule has 1 aliphatic rings. The molecular formula is C14H21NO2. The lowest BCUT2D eigenvalue weighted by Crippen LogP contribution is -2.39. The Morgan fingerprint density at radius 1 is 1.47 bits per heavy atom. The van der Waals surface area contributed by atoms with E-state index in [-0.39, 0.29) is 6.23 Å². The third-order valence-corrected chi connectivity index (χ3v) is 3.27. The highest BCUT2D eigenvalue weighted by molar-refractivity contribution is 5.41. The van der Waals surface area contributed by atoms with Crippen molar-refractivity contribution in [2.75, 3.05) is 20.7 Å². The number of methoxy groups -OCH3 is 1. The average Bonchev–Trinajstić information content (AvgIpc) is 2.37. The summed E-state index contributed by atoms with van der Waals surface area (Å²) in [5.41, 5.74) is 1.28. The summed E-state index contributed by atoms with van der Waals surface area (Å²) in [6, 6.07) is 6.09. The minimum atomic E-state index is 0.203. The summed E-state index contributed by atoms with van der Waals surface area (Å²) in [6.45, 7) is 3.26. The third kappa shape index (κ3) is 2.72. The van der Waals surface area contributed by atoms with Crippen LogP contribution in [0.3, 0.4) is 0 Å². The Kier molecular flexibility index (Phi) is 3.89. The van der Waals surface area contributed by atoms with Crippen molar-refractivity contribution in [3.8, 4) is 11.5 Å². The number of aryl methyl sites for hydroxylation is 1. The highest BCUT2D eigenvalue weighted by atomic mass is 16.5. The smallest absolute Gasteiger partial charge is 0.152 e. The predicted molar refractivity (Wildman–Crippen MR) is 68.7 cm³/mol. The number of hydrogen-bond acceptors (Lipinski definition) is 3. The summed E-state index contributed by atoms with van der Waals surface area (Å²) in [7, 11) is 3.81. The van der Waals surface area contributed by atoms with Crippen LogP contribution in [0.1, 0.15) is 25.3 Å². The van der Waals surface area contributed by atoms with E-state index in [0.717, 1.165) is 37.3 Å². The van der Waals surface area contributed by atoms with E-state index in [0.29, 0.717) is 0 Å². The highest BCUT2D eigenvalue weighted by Gasteiger charge is 2.22. The van der Waals surface area contributed by atoms with Crippen molar-refractivity contribution in [1.29, 1.82) is 0 Å². The van der Waals surface area contributed by atoms with Crippen molar-refractivity contribution in [2.45, 2.75) is 32.4 Å². The Morgan fingerprint density at radius 3 is 3.00 bits per heavy atom. The van der Waals surface area contributed by atoms with Gasteiger partial charge >= 0.3 is 0 Å². The monoisotopic (exact) mass is 235 g/mol. The molecule has 2 rings (SSSR count). The van der Waals surface area contributed by atoms with Gasteiger partial charge in [-0.1, -0.05) is 13.0 Å². The maximum Gasteiger partial charge on any atom is 0.152 e. The van der Waals surface area contributed by atoms with Crippen LogP contribution in [0.25, 0.3) is 0 Å². The number of benzene rings is 1. The van der Waals surface area contributed by atoms with Gasteiger partial charge in [0.25, 0.3) is 0 Å². The standard InChI is InChI=1S/C14H21NO2/c1-4-9-15(2)14-8-6-11-5-7-12(16-3)10-13(11)17-14/h5,7,10,14H,4,6,8-9H2,1-3H3. The van der Waals surface area contributed by atoms with Gasteiger partial charge in [-0.15, -0.1) is 0 Å². The van der Waals surface area contributed by atoms with Gasteiger partial charge in [-0.3, -0.25) is 4.90 Å². The lowest BCUT2D eigenvalue weighted by atomic mass is 10.0. The maximum atomic E-state index is 6.03. The van der Waals surface area contributed by atoms with Crippen LogP contribution in [-0.2, 0) is 6.42 Å². The third-order valence-electron chi connectivity index (χ3n) is 3.27. The fraction of sp³-hybridized carbons (Fsp3) is 0.571. The molecule has 1 unspecified atom stereocenters. The van der Waals surface area contributed by atoms with Crippen molar-refractivity contribution in [3.63, 3.8) is 0 Å². The van der Waals surface area contributed by atoms with Crippen molar-refractivity contribution < 1.29 is 9.47 Å². The van der Waals surface area contributed by atoms with E-state index in [2.05, 4.69) is 24.9 Å². The zero-order valence-electron chi connectivity index (χ0n) is 10.9. The second-order valence-electron chi connectivity index (χ2n) is 4.57. The molecule has 0 spiro atoms. The summed E-state index contributed by atoms with van der Waals surface area (Å²) in [6.07, 6.45) is 3.50. The molecule has 0 radical (unpaired) electrons. The quantitative estimate of drug-likeness (QED) is 0.801. The molecule has 1 atom stereocenters. The van der Waals surface area contributed by atoms with E-state index in [1.54, 1.807) is 7.11 Å². The second-order valence-corrected chi connectivity index (χ2v) is 4.57. The molecule has 0 N–H and O–H groups in total. The first-order valence-electron chi connectivity index (χ1n) is 6.28. The molecule has 0 aromatic heterocycles. The topological polar surface area (TPSA) is 21.7 Å². The fourth-order valence-corrected chi connectivity index (χ4v) is 2.27. The molecule has 3 heteroatoms. The van der Waals surface area contributed by atoms with E-state index in [1.165, 1.54) is 5.56 Å². The van der Waals surface area contributed by atoms with Crippen LogP contribution in [0.5, 0.6) is 11.5 Å². The van der Waals surface area contributed by atoms with E-state index in [9.17, 15) is 0 Å². The van der Waals surface area contributed by atoms with Crippen molar-refractivity contribution in [2.24, 2.45) is 0 Å². The molecule has 0 bridgehead atoms. The van der Waals surface area contributed by atoms with Gasteiger partial charge in [0, 0.05) is 19.0 Å². The van der Waals surface area contributed by atoms with Crippen molar-refractivity contribution >= 4 is 0 Å². The SMILES string of the molecule is CCCN(C)C1CCc2ccc(OC)cc2O1. The molecule has 1 aromatic carbocycles. The maximum absolute atomic E-state index is 6.03. The molecular weight excluding hydrogens is 214 g/mol. The molecule has 17 heavy (non-hydrogen) atoms. The van der Waals surface area contributed by atoms with Crippen LogP contribution < -0.4 is 9.47 Å². The molecule has 94 valence electrons. The van der Waals surface area contributed by atoms with Gasteiger partial charge < -0.3 is 9.47 Å². The fourth-order valence-electron chi connectivity index (χ4n) is 2.27. The normalized spacial score (nSPS) is 18.7. The predicted octanol–water partition coefficient (Wildman–Crippen LogP) is 2.69. The van der Waals surface area contributed by atoms with Gasteiger partial charge in [0.1, 0.15) is 11.5 Å². The lowest BCUT2D eigenvalue weighted by Gasteiger charge is -2.32. The number of rotatable bonds is 4. The molecule has 3 nitrogen and oxygen atoms in total. The van der Waals surface area contributed by atoms with Gasteiger partial charge in [-0.05, 0) is 31.5 Å². The van der Waals surface area contributed by atoms with Crippen LogP contribution in [0.15, 0.2) is 18.2 Å². The van der Waals surface area contributed by atoms with Gasteiger partial charge in [0.2, 0.25) is 0 Å². The molecule has 1 aliphatic heterocycles. The second kappa shape index (κ2) is 5.41. The summed E-state index contributed by atoms with van der Waals surface area (Å²) in [4.78, 5) is 2.28. The molecule has 0 amide bonds. The van der Waals surface area contributed by atoms with E-state index in [1.807, 2.05) is 12.1 Å². The first-order chi connectivity index (χ1) is 8.24. The van der Waals surface area contributed by atoms with E-state index in [4.69, 9.17) is 9.47 Å². The van der Waals surface area contributed by atoms with E-state index < -0.39 is 0 Å². The Bertz CT molecular complexity index is 378. The Hall–Kier alpha value is -1.22. The summed E-state index contributed by atoms with van der Waals surface area (Å²) in [5, 5.41) is 0.